The first-order chi connectivity index (χ1) is 20.9. The summed E-state index contributed by atoms with van der Waals surface area (Å²) in [6, 6.07) is 16.0. The Bertz CT molecular complexity index is 1640. The maximum absolute atomic E-state index is 14.5. The van der Waals surface area contributed by atoms with Gasteiger partial charge in [0.15, 0.2) is 0 Å². The van der Waals surface area contributed by atoms with Gasteiger partial charge in [-0.1, -0.05) is 59.8 Å². The quantitative estimate of drug-likeness (QED) is 0.335. The first kappa shape index (κ1) is 27.5. The van der Waals surface area contributed by atoms with Crippen LogP contribution in [0, 0.1) is 11.8 Å². The number of fused-ring (bicyclic) bond motifs is 3. The second kappa shape index (κ2) is 10.4. The second-order valence-electron chi connectivity index (χ2n) is 11.8. The van der Waals surface area contributed by atoms with Crippen molar-refractivity contribution >= 4 is 34.4 Å². The first-order valence-corrected chi connectivity index (χ1v) is 14.8. The van der Waals surface area contributed by atoms with Crippen molar-refractivity contribution in [2.24, 2.45) is 11.8 Å². The fourth-order valence-electron chi connectivity index (χ4n) is 7.35. The van der Waals surface area contributed by atoms with E-state index < -0.39 is 29.1 Å². The lowest BCUT2D eigenvalue weighted by Crippen LogP contribution is -2.56. The van der Waals surface area contributed by atoms with E-state index in [1.165, 1.54) is 0 Å². The van der Waals surface area contributed by atoms with Gasteiger partial charge in [0.2, 0.25) is 11.8 Å². The molecule has 43 heavy (non-hydrogen) atoms. The minimum absolute atomic E-state index is 0.0207. The fourth-order valence-corrected chi connectivity index (χ4v) is 7.35. The third-order valence-electron chi connectivity index (χ3n) is 9.24. The van der Waals surface area contributed by atoms with Crippen LogP contribution in [-0.4, -0.2) is 91.1 Å². The van der Waals surface area contributed by atoms with E-state index in [1.807, 2.05) is 85.8 Å². The Kier molecular flexibility index (Phi) is 6.66. The number of amides is 3. The molecule has 4 aliphatic heterocycles. The zero-order chi connectivity index (χ0) is 29.8. The van der Waals surface area contributed by atoms with Crippen LogP contribution in [0.1, 0.15) is 19.8 Å². The van der Waals surface area contributed by atoms with Gasteiger partial charge in [0.1, 0.15) is 23.8 Å². The highest BCUT2D eigenvalue weighted by Crippen LogP contribution is 2.57. The predicted octanol–water partition coefficient (Wildman–Crippen LogP) is 2.13. The molecule has 1 aromatic heterocycles. The lowest BCUT2D eigenvalue weighted by atomic mass is 9.74. The highest BCUT2D eigenvalue weighted by atomic mass is 16.5. The molecule has 2 saturated heterocycles. The van der Waals surface area contributed by atoms with Crippen LogP contribution in [0.5, 0.6) is 0 Å². The van der Waals surface area contributed by atoms with Gasteiger partial charge in [0.25, 0.3) is 5.91 Å². The summed E-state index contributed by atoms with van der Waals surface area (Å²) in [7, 11) is 0. The fraction of sp³-hybridized carbons (Fsp3) is 0.406. The van der Waals surface area contributed by atoms with Gasteiger partial charge in [-0.2, -0.15) is 0 Å². The number of hydrogen-bond acceptors (Lipinski definition) is 7. The van der Waals surface area contributed by atoms with Crippen molar-refractivity contribution in [2.45, 2.75) is 43.7 Å². The molecule has 3 aromatic rings. The Labute approximate surface area is 249 Å². The van der Waals surface area contributed by atoms with Gasteiger partial charge >= 0.3 is 0 Å². The molecule has 5 atom stereocenters. The summed E-state index contributed by atoms with van der Waals surface area (Å²) in [6.45, 7) is 2.86. The molecule has 3 amide bonds. The number of rotatable bonds is 7. The topological polar surface area (TPSA) is 121 Å². The van der Waals surface area contributed by atoms with Crippen LogP contribution in [0.2, 0.25) is 0 Å². The van der Waals surface area contributed by atoms with Crippen LogP contribution < -0.4 is 4.90 Å². The third kappa shape index (κ3) is 4.21. The third-order valence-corrected chi connectivity index (χ3v) is 9.24. The summed E-state index contributed by atoms with van der Waals surface area (Å²) in [5.41, 5.74) is -0.187. The lowest BCUT2D eigenvalue weighted by molar-refractivity contribution is -0.152. The Morgan fingerprint density at radius 3 is 2.49 bits per heavy atom. The molecule has 5 heterocycles. The number of unbranched alkanes of at least 4 members (excludes halogenated alkanes) is 1. The molecule has 1 spiro atoms. The Hall–Kier alpha value is -4.35. The van der Waals surface area contributed by atoms with Gasteiger partial charge < -0.3 is 24.5 Å². The van der Waals surface area contributed by atoms with Crippen LogP contribution in [0.25, 0.3) is 11.0 Å². The monoisotopic (exact) mass is 582 g/mol. The number of nitrogens with zero attached hydrogens (tertiary/aromatic N) is 6. The van der Waals surface area contributed by atoms with Crippen molar-refractivity contribution in [1.82, 2.24) is 24.8 Å². The predicted molar refractivity (Wildman–Crippen MR) is 157 cm³/mol. The molecule has 7 rings (SSSR count). The summed E-state index contributed by atoms with van der Waals surface area (Å²) >= 11 is 0. The van der Waals surface area contributed by atoms with Crippen molar-refractivity contribution in [3.63, 3.8) is 0 Å². The van der Waals surface area contributed by atoms with Crippen molar-refractivity contribution in [3.8, 4) is 0 Å². The van der Waals surface area contributed by atoms with Crippen molar-refractivity contribution in [3.05, 3.63) is 78.9 Å². The number of carbonyl (C=O) groups is 3. The number of aliphatic hydroxyl groups excluding tert-OH is 1. The van der Waals surface area contributed by atoms with Crippen LogP contribution in [0.3, 0.4) is 0 Å². The summed E-state index contributed by atoms with van der Waals surface area (Å²) in [6.07, 6.45) is 8.50. The standard InChI is InChI=1S/C32H34N6O5/c1-31-15-9-19-36(22-11-3-2-4-12-22)28(40)25(31)26-29(41)37(18-7-8-20-39)27-30(42)35(17-10-16-32(26,27)43-31)21-38-24-14-6-5-13-23(24)33-34-38/h2-6,9-16,25-27,39H,7-8,17-21H2,1H3/t25-,26-,27?,31+,32-/m0/s1. The number of aromatic nitrogens is 3. The maximum atomic E-state index is 14.5. The molecule has 1 unspecified atom stereocenters. The average molecular weight is 583 g/mol. The Morgan fingerprint density at radius 2 is 1.67 bits per heavy atom. The second-order valence-corrected chi connectivity index (χ2v) is 11.8. The minimum Gasteiger partial charge on any atom is -0.396 e. The number of ether oxygens (including phenoxy) is 1. The zero-order valence-electron chi connectivity index (χ0n) is 24.0. The van der Waals surface area contributed by atoms with E-state index in [-0.39, 0.29) is 44.1 Å². The van der Waals surface area contributed by atoms with Gasteiger partial charge in [0, 0.05) is 31.9 Å². The Morgan fingerprint density at radius 1 is 0.907 bits per heavy atom. The Balaban J connectivity index is 1.29. The number of benzene rings is 2. The highest BCUT2D eigenvalue weighted by Gasteiger charge is 2.74. The molecule has 0 aliphatic carbocycles. The number of hydrogen-bond donors (Lipinski definition) is 1. The van der Waals surface area contributed by atoms with E-state index in [1.54, 1.807) is 19.4 Å². The SMILES string of the molecule is C[C@@]12C=CCN(c3ccccc3)C(=O)[C@@H]1[C@H]1C(=O)N(CCCCO)C3C(=O)N(Cn4nnc5ccccc54)CC=C[C@@]31O2. The molecule has 4 aliphatic rings. The highest BCUT2D eigenvalue weighted by molar-refractivity contribution is 6.04. The molecule has 0 radical (unpaired) electrons. The smallest absolute Gasteiger partial charge is 0.250 e. The van der Waals surface area contributed by atoms with Gasteiger partial charge in [-0.25, -0.2) is 4.68 Å². The van der Waals surface area contributed by atoms with Crippen molar-refractivity contribution in [2.75, 3.05) is 31.1 Å². The molecule has 0 bridgehead atoms. The van der Waals surface area contributed by atoms with E-state index in [0.717, 1.165) is 16.7 Å². The van der Waals surface area contributed by atoms with Gasteiger partial charge in [-0.05, 0) is 44.0 Å². The normalized spacial score (nSPS) is 30.0. The van der Waals surface area contributed by atoms with Gasteiger partial charge in [-0.3, -0.25) is 14.4 Å². The van der Waals surface area contributed by atoms with Crippen LogP contribution in [-0.2, 0) is 25.8 Å². The number of anilines is 1. The van der Waals surface area contributed by atoms with E-state index in [4.69, 9.17) is 4.74 Å². The number of likely N-dealkylation sites (tertiary alicyclic amines) is 1. The largest absolute Gasteiger partial charge is 0.396 e. The average Bonchev–Trinajstić information content (AvgIpc) is 3.54. The molecule has 2 fully saturated rings. The molecule has 1 N–H and O–H groups in total. The molecular weight excluding hydrogens is 548 g/mol. The van der Waals surface area contributed by atoms with Crippen molar-refractivity contribution < 1.29 is 24.2 Å². The molecular formula is C32H34N6O5. The number of para-hydroxylation sites is 2. The van der Waals surface area contributed by atoms with Crippen molar-refractivity contribution in [1.29, 1.82) is 0 Å². The molecule has 222 valence electrons. The number of aliphatic hydroxyl groups is 1. The van der Waals surface area contributed by atoms with E-state index in [9.17, 15) is 19.5 Å². The van der Waals surface area contributed by atoms with Gasteiger partial charge in [0.05, 0.1) is 23.0 Å². The summed E-state index contributed by atoms with van der Waals surface area (Å²) in [5.74, 6) is -2.50. The first-order valence-electron chi connectivity index (χ1n) is 14.8. The minimum atomic E-state index is -1.34. The van der Waals surface area contributed by atoms with Gasteiger partial charge in [-0.15, -0.1) is 5.10 Å². The summed E-state index contributed by atoms with van der Waals surface area (Å²) in [4.78, 5) is 48.3. The van der Waals surface area contributed by atoms with E-state index in [0.29, 0.717) is 19.4 Å². The van der Waals surface area contributed by atoms with E-state index >= 15 is 0 Å². The molecule has 11 nitrogen and oxygen atoms in total. The molecule has 2 aromatic carbocycles. The molecule has 11 heteroatoms. The zero-order valence-corrected chi connectivity index (χ0v) is 24.0. The summed E-state index contributed by atoms with van der Waals surface area (Å²) < 4.78 is 8.57. The van der Waals surface area contributed by atoms with Crippen LogP contribution >= 0.6 is 0 Å². The molecule has 0 saturated carbocycles. The maximum Gasteiger partial charge on any atom is 0.250 e. The van der Waals surface area contributed by atoms with E-state index in [2.05, 4.69) is 10.3 Å². The number of carbonyl (C=O) groups excluding carboxylic acids is 3. The van der Waals surface area contributed by atoms with Crippen LogP contribution in [0.4, 0.5) is 5.69 Å². The summed E-state index contributed by atoms with van der Waals surface area (Å²) in [5, 5.41) is 18.0. The lowest BCUT2D eigenvalue weighted by Gasteiger charge is -2.37. The van der Waals surface area contributed by atoms with Crippen LogP contribution in [0.15, 0.2) is 78.9 Å².